The van der Waals surface area contributed by atoms with E-state index in [9.17, 15) is 14.4 Å². The van der Waals surface area contributed by atoms with Crippen LogP contribution in [0.25, 0.3) is 0 Å². The van der Waals surface area contributed by atoms with Crippen molar-refractivity contribution < 1.29 is 33.3 Å². The molecule has 1 aromatic heterocycles. The van der Waals surface area contributed by atoms with E-state index >= 15 is 0 Å². The summed E-state index contributed by atoms with van der Waals surface area (Å²) in [5.74, 6) is -1.78. The molecule has 1 fully saturated rings. The van der Waals surface area contributed by atoms with E-state index in [0.29, 0.717) is 17.4 Å². The molecule has 0 aliphatic carbocycles. The monoisotopic (exact) mass is 447 g/mol. The van der Waals surface area contributed by atoms with Crippen molar-refractivity contribution in [1.82, 2.24) is 15.0 Å². The number of carbonyl (C=O) groups excluding carboxylic acids is 3. The molecule has 0 amide bonds. The lowest BCUT2D eigenvalue weighted by Gasteiger charge is -2.44. The molecule has 11 heteroatoms. The molecule has 0 saturated carbocycles. The van der Waals surface area contributed by atoms with Gasteiger partial charge in [-0.15, -0.1) is 5.10 Å². The molecule has 27 heavy (non-hydrogen) atoms. The second kappa shape index (κ2) is 9.27. The number of hydrogen-bond acceptors (Lipinski definition) is 9. The van der Waals surface area contributed by atoms with Gasteiger partial charge in [0.2, 0.25) is 0 Å². The number of alkyl halides is 1. The Morgan fingerprint density at radius 3 is 2.11 bits per heavy atom. The molecule has 1 saturated heterocycles. The van der Waals surface area contributed by atoms with Crippen molar-refractivity contribution >= 4 is 33.8 Å². The predicted octanol–water partition coefficient (Wildman–Crippen LogP) is 1.28. The van der Waals surface area contributed by atoms with Gasteiger partial charge in [-0.3, -0.25) is 14.4 Å². The maximum absolute atomic E-state index is 11.7. The van der Waals surface area contributed by atoms with Gasteiger partial charge in [0.1, 0.15) is 6.10 Å². The van der Waals surface area contributed by atoms with E-state index in [0.717, 1.165) is 0 Å². The Balaban J connectivity index is 2.47. The number of hydrogen-bond donors (Lipinski definition) is 0. The Morgan fingerprint density at radius 2 is 1.63 bits per heavy atom. The first-order valence-electron chi connectivity index (χ1n) is 8.40. The quantitative estimate of drug-likeness (QED) is 0.360. The lowest BCUT2D eigenvalue weighted by Crippen LogP contribution is -2.59. The number of esters is 3. The standard InChI is InChI=1S/C16H22BrN3O7/c1-5-12-13(24-8(2)21)14(25-9(3)22)15(26-10(4)23)16(27-12)20-7-11(6-17)18-19-20/h7,12-16H,5-6H2,1-4H3/t12-,13-,14+,15-,16?/m1/s1. The zero-order chi connectivity index (χ0) is 20.1. The van der Waals surface area contributed by atoms with Gasteiger partial charge in [-0.1, -0.05) is 28.1 Å². The molecule has 0 spiro atoms. The van der Waals surface area contributed by atoms with Crippen LogP contribution < -0.4 is 0 Å². The molecule has 1 aliphatic heterocycles. The van der Waals surface area contributed by atoms with Gasteiger partial charge in [0.25, 0.3) is 0 Å². The van der Waals surface area contributed by atoms with E-state index in [4.69, 9.17) is 18.9 Å². The molecule has 0 radical (unpaired) electrons. The lowest BCUT2D eigenvalue weighted by atomic mass is 9.95. The van der Waals surface area contributed by atoms with Gasteiger partial charge in [0, 0.05) is 26.1 Å². The summed E-state index contributed by atoms with van der Waals surface area (Å²) < 4.78 is 23.5. The maximum Gasteiger partial charge on any atom is 0.303 e. The van der Waals surface area contributed by atoms with Crippen LogP contribution in [0.1, 0.15) is 46.0 Å². The smallest absolute Gasteiger partial charge is 0.303 e. The van der Waals surface area contributed by atoms with E-state index in [-0.39, 0.29) is 0 Å². The fourth-order valence-corrected chi connectivity index (χ4v) is 3.17. The maximum atomic E-state index is 11.7. The highest BCUT2D eigenvalue weighted by atomic mass is 79.9. The van der Waals surface area contributed by atoms with Gasteiger partial charge >= 0.3 is 17.9 Å². The molecule has 0 bridgehead atoms. The molecule has 2 rings (SSSR count). The molecule has 1 unspecified atom stereocenters. The van der Waals surface area contributed by atoms with Crippen molar-refractivity contribution in [2.24, 2.45) is 0 Å². The van der Waals surface area contributed by atoms with Crippen molar-refractivity contribution in [2.75, 3.05) is 0 Å². The van der Waals surface area contributed by atoms with Crippen molar-refractivity contribution in [2.45, 2.75) is 70.1 Å². The first-order chi connectivity index (χ1) is 12.8. The Morgan fingerprint density at radius 1 is 1.07 bits per heavy atom. The number of ether oxygens (including phenoxy) is 4. The van der Waals surface area contributed by atoms with Crippen LogP contribution in [-0.4, -0.2) is 57.3 Å². The highest BCUT2D eigenvalue weighted by Crippen LogP contribution is 2.35. The summed E-state index contributed by atoms with van der Waals surface area (Å²) in [6.45, 7) is 5.52. The zero-order valence-corrected chi connectivity index (χ0v) is 17.0. The fraction of sp³-hybridized carbons (Fsp3) is 0.688. The molecular weight excluding hydrogens is 426 g/mol. The van der Waals surface area contributed by atoms with Crippen molar-refractivity contribution in [3.05, 3.63) is 11.9 Å². The number of carbonyl (C=O) groups is 3. The van der Waals surface area contributed by atoms with Crippen LogP contribution in [0.15, 0.2) is 6.20 Å². The van der Waals surface area contributed by atoms with E-state index in [1.165, 1.54) is 25.5 Å². The number of rotatable bonds is 6. The fourth-order valence-electron chi connectivity index (χ4n) is 2.91. The second-order valence-corrected chi connectivity index (χ2v) is 6.58. The van der Waals surface area contributed by atoms with Crippen LogP contribution in [0, 0.1) is 0 Å². The summed E-state index contributed by atoms with van der Waals surface area (Å²) >= 11 is 3.29. The summed E-state index contributed by atoms with van der Waals surface area (Å²) in [6.07, 6.45) is -2.50. The largest absolute Gasteiger partial charge is 0.456 e. The summed E-state index contributed by atoms with van der Waals surface area (Å²) in [5, 5.41) is 8.46. The molecule has 0 N–H and O–H groups in total. The molecule has 0 aromatic carbocycles. The van der Waals surface area contributed by atoms with Gasteiger partial charge in [-0.2, -0.15) is 0 Å². The van der Waals surface area contributed by atoms with Crippen LogP contribution in [0.5, 0.6) is 0 Å². The molecule has 5 atom stereocenters. The minimum atomic E-state index is -1.08. The third-order valence-corrected chi connectivity index (χ3v) is 4.45. The summed E-state index contributed by atoms with van der Waals surface area (Å²) in [7, 11) is 0. The minimum absolute atomic E-state index is 0.457. The SMILES string of the molecule is CC[C@H]1OC(n2cc(CBr)nn2)[C@H](OC(C)=O)[C@@H](OC(C)=O)[C@@H]1OC(C)=O. The Hall–Kier alpha value is -2.01. The molecule has 10 nitrogen and oxygen atoms in total. The van der Waals surface area contributed by atoms with E-state index in [1.807, 2.05) is 6.92 Å². The summed E-state index contributed by atoms with van der Waals surface area (Å²) in [5.41, 5.74) is 0.638. The number of nitrogens with zero attached hydrogens (tertiary/aromatic N) is 3. The van der Waals surface area contributed by atoms with Crippen LogP contribution in [-0.2, 0) is 38.7 Å². The predicted molar refractivity (Wildman–Crippen MR) is 93.5 cm³/mol. The van der Waals surface area contributed by atoms with Crippen LogP contribution in [0.4, 0.5) is 0 Å². The van der Waals surface area contributed by atoms with Gasteiger partial charge in [-0.05, 0) is 6.42 Å². The number of aromatic nitrogens is 3. The molecule has 150 valence electrons. The number of halogens is 1. The van der Waals surface area contributed by atoms with Crippen molar-refractivity contribution in [3.8, 4) is 0 Å². The summed E-state index contributed by atoms with van der Waals surface area (Å²) in [6, 6.07) is 0. The first-order valence-corrected chi connectivity index (χ1v) is 9.52. The van der Waals surface area contributed by atoms with E-state index in [1.54, 1.807) is 6.20 Å². The second-order valence-electron chi connectivity index (χ2n) is 6.02. The Labute approximate surface area is 164 Å². The van der Waals surface area contributed by atoms with Gasteiger partial charge in [0.05, 0.1) is 11.9 Å². The van der Waals surface area contributed by atoms with Crippen LogP contribution in [0.2, 0.25) is 0 Å². The topological polar surface area (TPSA) is 119 Å². The highest BCUT2D eigenvalue weighted by Gasteiger charge is 2.52. The Bertz CT molecular complexity index is 695. The van der Waals surface area contributed by atoms with Gasteiger partial charge < -0.3 is 18.9 Å². The van der Waals surface area contributed by atoms with Crippen molar-refractivity contribution in [1.29, 1.82) is 0 Å². The molecular formula is C16H22BrN3O7. The normalized spacial score (nSPS) is 27.7. The van der Waals surface area contributed by atoms with Crippen LogP contribution in [0.3, 0.4) is 0 Å². The summed E-state index contributed by atoms with van der Waals surface area (Å²) in [4.78, 5) is 34.9. The average Bonchev–Trinajstić information content (AvgIpc) is 3.05. The van der Waals surface area contributed by atoms with Crippen LogP contribution >= 0.6 is 15.9 Å². The van der Waals surface area contributed by atoms with E-state index < -0.39 is 48.6 Å². The highest BCUT2D eigenvalue weighted by molar-refractivity contribution is 9.08. The Kier molecular flexibility index (Phi) is 7.31. The third kappa shape index (κ3) is 5.25. The lowest BCUT2D eigenvalue weighted by molar-refractivity contribution is -0.265. The minimum Gasteiger partial charge on any atom is -0.456 e. The van der Waals surface area contributed by atoms with Gasteiger partial charge in [-0.25, -0.2) is 4.68 Å². The molecule has 1 aromatic rings. The van der Waals surface area contributed by atoms with Gasteiger partial charge in [0.15, 0.2) is 24.5 Å². The van der Waals surface area contributed by atoms with Crippen molar-refractivity contribution in [3.63, 3.8) is 0 Å². The van der Waals surface area contributed by atoms with E-state index in [2.05, 4.69) is 26.2 Å². The average molecular weight is 448 g/mol. The molecule has 2 heterocycles. The first kappa shape index (κ1) is 21.3. The third-order valence-electron chi connectivity index (χ3n) is 3.87. The zero-order valence-electron chi connectivity index (χ0n) is 15.5. The molecule has 1 aliphatic rings.